The van der Waals surface area contributed by atoms with E-state index in [1.165, 1.54) is 0 Å². The Morgan fingerprint density at radius 3 is 2.38 bits per heavy atom. The van der Waals surface area contributed by atoms with Gasteiger partial charge in [0.2, 0.25) is 0 Å². The summed E-state index contributed by atoms with van der Waals surface area (Å²) >= 11 is 6.98. The van der Waals surface area contributed by atoms with Crippen LogP contribution in [0.15, 0.2) is 51.4 Å². The van der Waals surface area contributed by atoms with Crippen molar-refractivity contribution in [3.8, 4) is 11.5 Å². The zero-order valence-electron chi connectivity index (χ0n) is 12.4. The van der Waals surface area contributed by atoms with Crippen molar-refractivity contribution in [2.75, 3.05) is 0 Å². The molecule has 4 heteroatoms. The monoisotopic (exact) mass is 411 g/mol. The summed E-state index contributed by atoms with van der Waals surface area (Å²) in [5.74, 6) is 1.68. The summed E-state index contributed by atoms with van der Waals surface area (Å²) < 4.78 is 8.00. The Bertz CT molecular complexity index is 620. The van der Waals surface area contributed by atoms with Crippen LogP contribution in [0.1, 0.15) is 26.3 Å². The second-order valence-corrected chi connectivity index (χ2v) is 7.66. The van der Waals surface area contributed by atoms with Crippen molar-refractivity contribution in [1.82, 2.24) is 5.32 Å². The number of hydrogen-bond acceptors (Lipinski definition) is 2. The number of hydrogen-bond donors (Lipinski definition) is 1. The Morgan fingerprint density at radius 1 is 1.00 bits per heavy atom. The van der Waals surface area contributed by atoms with Crippen molar-refractivity contribution in [3.63, 3.8) is 0 Å². The Balaban J connectivity index is 2.20. The van der Waals surface area contributed by atoms with E-state index in [1.807, 2.05) is 36.4 Å². The minimum atomic E-state index is 0.0747. The molecular formula is C17H19Br2NO. The largest absolute Gasteiger partial charge is 0.456 e. The van der Waals surface area contributed by atoms with Gasteiger partial charge in [-0.2, -0.15) is 0 Å². The fourth-order valence-corrected chi connectivity index (χ4v) is 2.91. The maximum atomic E-state index is 6.05. The van der Waals surface area contributed by atoms with Crippen molar-refractivity contribution >= 4 is 31.9 Å². The first kappa shape index (κ1) is 16.5. The molecule has 0 aromatic heterocycles. The van der Waals surface area contributed by atoms with Crippen LogP contribution in [0.25, 0.3) is 0 Å². The van der Waals surface area contributed by atoms with E-state index in [4.69, 9.17) is 4.74 Å². The van der Waals surface area contributed by atoms with Gasteiger partial charge in [-0.3, -0.25) is 0 Å². The number of halogens is 2. The van der Waals surface area contributed by atoms with E-state index in [0.29, 0.717) is 0 Å². The van der Waals surface area contributed by atoms with E-state index in [2.05, 4.69) is 64.0 Å². The van der Waals surface area contributed by atoms with Gasteiger partial charge in [0.15, 0.2) is 0 Å². The average Bonchev–Trinajstić information content (AvgIpc) is 2.40. The first-order valence-electron chi connectivity index (χ1n) is 6.81. The van der Waals surface area contributed by atoms with Gasteiger partial charge in [-0.15, -0.1) is 0 Å². The summed E-state index contributed by atoms with van der Waals surface area (Å²) in [7, 11) is 0. The van der Waals surface area contributed by atoms with E-state index in [1.54, 1.807) is 0 Å². The molecule has 1 N–H and O–H groups in total. The maximum absolute atomic E-state index is 6.05. The Morgan fingerprint density at radius 2 is 1.71 bits per heavy atom. The van der Waals surface area contributed by atoms with Crippen LogP contribution in [0.5, 0.6) is 11.5 Å². The molecule has 0 saturated carbocycles. The van der Waals surface area contributed by atoms with Crippen LogP contribution >= 0.6 is 31.9 Å². The molecule has 2 nitrogen and oxygen atoms in total. The summed E-state index contributed by atoms with van der Waals surface area (Å²) in [4.78, 5) is 0. The second kappa shape index (κ2) is 6.95. The normalized spacial score (nSPS) is 11.5. The van der Waals surface area contributed by atoms with Gasteiger partial charge in [0.25, 0.3) is 0 Å². The van der Waals surface area contributed by atoms with Gasteiger partial charge in [-0.1, -0.05) is 34.1 Å². The summed E-state index contributed by atoms with van der Waals surface area (Å²) in [6.07, 6.45) is 0. The summed E-state index contributed by atoms with van der Waals surface area (Å²) in [5.41, 5.74) is 1.22. The topological polar surface area (TPSA) is 21.3 Å². The van der Waals surface area contributed by atoms with Crippen LogP contribution in [-0.4, -0.2) is 5.54 Å². The van der Waals surface area contributed by atoms with Gasteiger partial charge in [0, 0.05) is 22.1 Å². The molecule has 0 saturated heterocycles. The molecule has 0 spiro atoms. The number of nitrogens with one attached hydrogen (secondary N) is 1. The number of ether oxygens (including phenoxy) is 1. The molecule has 0 radical (unpaired) electrons. The molecule has 21 heavy (non-hydrogen) atoms. The predicted molar refractivity (Wildman–Crippen MR) is 95.0 cm³/mol. The standard InChI is InChI=1S/C17H19Br2NO/c1-17(2,3)20-11-12-6-4-5-7-15(12)21-16-9-8-13(18)10-14(16)19/h4-10,20H,11H2,1-3H3. The molecule has 0 amide bonds. The van der Waals surface area contributed by atoms with Crippen molar-refractivity contribution in [1.29, 1.82) is 0 Å². The molecular weight excluding hydrogens is 394 g/mol. The SMILES string of the molecule is CC(C)(C)NCc1ccccc1Oc1ccc(Br)cc1Br. The molecule has 0 fully saturated rings. The van der Waals surface area contributed by atoms with Crippen LogP contribution < -0.4 is 10.1 Å². The smallest absolute Gasteiger partial charge is 0.141 e. The maximum Gasteiger partial charge on any atom is 0.141 e. The Hall–Kier alpha value is -0.840. The molecule has 0 aliphatic rings. The quantitative estimate of drug-likeness (QED) is 0.675. The molecule has 2 aromatic carbocycles. The average molecular weight is 413 g/mol. The highest BCUT2D eigenvalue weighted by Gasteiger charge is 2.12. The van der Waals surface area contributed by atoms with Gasteiger partial charge < -0.3 is 10.1 Å². The lowest BCUT2D eigenvalue weighted by atomic mass is 10.1. The molecule has 2 rings (SSSR count). The van der Waals surface area contributed by atoms with Crippen molar-refractivity contribution in [2.45, 2.75) is 32.9 Å². The highest BCUT2D eigenvalue weighted by molar-refractivity contribution is 9.11. The van der Waals surface area contributed by atoms with E-state index in [9.17, 15) is 0 Å². The minimum Gasteiger partial charge on any atom is -0.456 e. The molecule has 0 aliphatic carbocycles. The highest BCUT2D eigenvalue weighted by Crippen LogP contribution is 2.33. The summed E-state index contributed by atoms with van der Waals surface area (Å²) in [6, 6.07) is 14.0. The van der Waals surface area contributed by atoms with Gasteiger partial charge in [-0.05, 0) is 61.0 Å². The molecule has 112 valence electrons. The van der Waals surface area contributed by atoms with E-state index in [-0.39, 0.29) is 5.54 Å². The van der Waals surface area contributed by atoms with E-state index in [0.717, 1.165) is 32.6 Å². The zero-order valence-corrected chi connectivity index (χ0v) is 15.6. The van der Waals surface area contributed by atoms with Crippen LogP contribution in [0.3, 0.4) is 0 Å². The van der Waals surface area contributed by atoms with Crippen LogP contribution in [0, 0.1) is 0 Å². The van der Waals surface area contributed by atoms with Crippen LogP contribution in [-0.2, 0) is 6.54 Å². The molecule has 0 unspecified atom stereocenters. The molecule has 0 heterocycles. The van der Waals surface area contributed by atoms with Crippen molar-refractivity contribution in [3.05, 3.63) is 57.0 Å². The first-order valence-corrected chi connectivity index (χ1v) is 8.39. The molecule has 0 bridgehead atoms. The lowest BCUT2D eigenvalue weighted by Gasteiger charge is -2.21. The third kappa shape index (κ3) is 5.13. The first-order chi connectivity index (χ1) is 9.85. The number of rotatable bonds is 4. The van der Waals surface area contributed by atoms with Gasteiger partial charge >= 0.3 is 0 Å². The summed E-state index contributed by atoms with van der Waals surface area (Å²) in [6.45, 7) is 7.24. The summed E-state index contributed by atoms with van der Waals surface area (Å²) in [5, 5.41) is 3.49. The Kier molecular flexibility index (Phi) is 5.47. The second-order valence-electron chi connectivity index (χ2n) is 5.89. The highest BCUT2D eigenvalue weighted by atomic mass is 79.9. The molecule has 0 aliphatic heterocycles. The third-order valence-corrected chi connectivity index (χ3v) is 4.01. The van der Waals surface area contributed by atoms with E-state index < -0.39 is 0 Å². The fourth-order valence-electron chi connectivity index (χ4n) is 1.79. The number of benzene rings is 2. The molecule has 2 aromatic rings. The van der Waals surface area contributed by atoms with Crippen molar-refractivity contribution < 1.29 is 4.74 Å². The lowest BCUT2D eigenvalue weighted by molar-refractivity contribution is 0.414. The third-order valence-electron chi connectivity index (χ3n) is 2.90. The van der Waals surface area contributed by atoms with Crippen LogP contribution in [0.4, 0.5) is 0 Å². The van der Waals surface area contributed by atoms with Gasteiger partial charge in [-0.25, -0.2) is 0 Å². The van der Waals surface area contributed by atoms with Crippen LogP contribution in [0.2, 0.25) is 0 Å². The van der Waals surface area contributed by atoms with E-state index >= 15 is 0 Å². The van der Waals surface area contributed by atoms with Gasteiger partial charge in [0.1, 0.15) is 11.5 Å². The minimum absolute atomic E-state index is 0.0747. The lowest BCUT2D eigenvalue weighted by Crippen LogP contribution is -2.35. The zero-order chi connectivity index (χ0) is 15.5. The van der Waals surface area contributed by atoms with Gasteiger partial charge in [0.05, 0.1) is 4.47 Å². The predicted octanol–water partition coefficient (Wildman–Crippen LogP) is 5.89. The van der Waals surface area contributed by atoms with Crippen molar-refractivity contribution in [2.24, 2.45) is 0 Å². The Labute approximate surface area is 143 Å². The fraction of sp³-hybridized carbons (Fsp3) is 0.294. The molecule has 0 atom stereocenters. The number of para-hydroxylation sites is 1.